The lowest BCUT2D eigenvalue weighted by molar-refractivity contribution is -0.142. The molecule has 2 rings (SSSR count). The third-order valence-electron chi connectivity index (χ3n) is 4.17. The van der Waals surface area contributed by atoms with Crippen molar-refractivity contribution in [3.8, 4) is 5.75 Å². The Morgan fingerprint density at radius 1 is 1.42 bits per heavy atom. The molecule has 5 nitrogen and oxygen atoms in total. The zero-order valence-corrected chi connectivity index (χ0v) is 14.6. The SMILES string of the molecule is CCCC(C(=O)OC)c1coc2c(C=O)c(O)c(CC(C)C)cc12. The summed E-state index contributed by atoms with van der Waals surface area (Å²) in [6.45, 7) is 6.06. The van der Waals surface area contributed by atoms with Crippen LogP contribution in [0.5, 0.6) is 5.75 Å². The van der Waals surface area contributed by atoms with E-state index in [1.165, 1.54) is 13.4 Å². The number of aldehydes is 1. The van der Waals surface area contributed by atoms with Gasteiger partial charge in [0.15, 0.2) is 6.29 Å². The minimum absolute atomic E-state index is 0.0443. The van der Waals surface area contributed by atoms with Crippen LogP contribution >= 0.6 is 0 Å². The van der Waals surface area contributed by atoms with Crippen molar-refractivity contribution >= 4 is 23.2 Å². The molecule has 1 atom stereocenters. The molecule has 130 valence electrons. The number of fused-ring (bicyclic) bond motifs is 1. The highest BCUT2D eigenvalue weighted by molar-refractivity contribution is 6.01. The fraction of sp³-hybridized carbons (Fsp3) is 0.474. The monoisotopic (exact) mass is 332 g/mol. The molecule has 0 aliphatic rings. The third-order valence-corrected chi connectivity index (χ3v) is 4.17. The van der Waals surface area contributed by atoms with Crippen LogP contribution in [0, 0.1) is 5.92 Å². The first-order chi connectivity index (χ1) is 11.4. The average Bonchev–Trinajstić information content (AvgIpc) is 2.95. The van der Waals surface area contributed by atoms with Crippen molar-refractivity contribution in [2.24, 2.45) is 5.92 Å². The van der Waals surface area contributed by atoms with Crippen LogP contribution in [0.25, 0.3) is 11.0 Å². The number of furan rings is 1. The molecule has 0 bridgehead atoms. The molecular formula is C19H24O5. The largest absolute Gasteiger partial charge is 0.507 e. The van der Waals surface area contributed by atoms with E-state index < -0.39 is 5.92 Å². The van der Waals surface area contributed by atoms with Gasteiger partial charge in [-0.05, 0) is 30.4 Å². The van der Waals surface area contributed by atoms with Crippen LogP contribution in [-0.2, 0) is 16.0 Å². The molecule has 0 spiro atoms. The second kappa shape index (κ2) is 7.51. The van der Waals surface area contributed by atoms with E-state index in [9.17, 15) is 14.7 Å². The molecule has 1 aromatic heterocycles. The molecule has 5 heteroatoms. The van der Waals surface area contributed by atoms with E-state index in [0.717, 1.165) is 6.42 Å². The van der Waals surface area contributed by atoms with Gasteiger partial charge in [-0.1, -0.05) is 27.2 Å². The van der Waals surface area contributed by atoms with Gasteiger partial charge in [0.05, 0.1) is 24.9 Å². The smallest absolute Gasteiger partial charge is 0.313 e. The highest BCUT2D eigenvalue weighted by Crippen LogP contribution is 2.38. The van der Waals surface area contributed by atoms with Gasteiger partial charge in [-0.15, -0.1) is 0 Å². The number of aromatic hydroxyl groups is 1. The van der Waals surface area contributed by atoms with Gasteiger partial charge in [-0.25, -0.2) is 0 Å². The number of phenolic OH excluding ortho intramolecular Hbond substituents is 1. The van der Waals surface area contributed by atoms with E-state index in [1.807, 2.05) is 26.8 Å². The Bertz CT molecular complexity index is 742. The van der Waals surface area contributed by atoms with Gasteiger partial charge >= 0.3 is 5.97 Å². The zero-order chi connectivity index (χ0) is 17.9. The van der Waals surface area contributed by atoms with Gasteiger partial charge in [-0.3, -0.25) is 9.59 Å². The van der Waals surface area contributed by atoms with Crippen LogP contribution in [0.2, 0.25) is 0 Å². The molecule has 0 saturated carbocycles. The molecule has 0 amide bonds. The Labute approximate surface area is 141 Å². The quantitative estimate of drug-likeness (QED) is 0.607. The number of methoxy groups -OCH3 is 1. The predicted molar refractivity (Wildman–Crippen MR) is 91.5 cm³/mol. The molecule has 0 fully saturated rings. The van der Waals surface area contributed by atoms with E-state index in [4.69, 9.17) is 9.15 Å². The van der Waals surface area contributed by atoms with Crippen molar-refractivity contribution in [1.29, 1.82) is 0 Å². The van der Waals surface area contributed by atoms with Crippen LogP contribution < -0.4 is 0 Å². The number of benzene rings is 1. The Hall–Kier alpha value is -2.30. The summed E-state index contributed by atoms with van der Waals surface area (Å²) in [7, 11) is 1.36. The van der Waals surface area contributed by atoms with E-state index in [2.05, 4.69) is 0 Å². The fourth-order valence-corrected chi connectivity index (χ4v) is 3.07. The van der Waals surface area contributed by atoms with Gasteiger partial charge in [0.1, 0.15) is 11.3 Å². The van der Waals surface area contributed by atoms with E-state index in [1.54, 1.807) is 0 Å². The third kappa shape index (κ3) is 3.30. The highest BCUT2D eigenvalue weighted by atomic mass is 16.5. The van der Waals surface area contributed by atoms with Crippen molar-refractivity contribution in [3.05, 3.63) is 29.0 Å². The van der Waals surface area contributed by atoms with E-state index >= 15 is 0 Å². The first-order valence-corrected chi connectivity index (χ1v) is 8.23. The Balaban J connectivity index is 2.68. The summed E-state index contributed by atoms with van der Waals surface area (Å²) in [6.07, 6.45) is 4.15. The zero-order valence-electron chi connectivity index (χ0n) is 14.6. The maximum absolute atomic E-state index is 12.1. The van der Waals surface area contributed by atoms with Gasteiger partial charge in [0.25, 0.3) is 0 Å². The van der Waals surface area contributed by atoms with Crippen molar-refractivity contribution < 1.29 is 23.8 Å². The molecule has 24 heavy (non-hydrogen) atoms. The van der Waals surface area contributed by atoms with Gasteiger partial charge < -0.3 is 14.3 Å². The summed E-state index contributed by atoms with van der Waals surface area (Å²) in [5.74, 6) is -0.504. The topological polar surface area (TPSA) is 76.7 Å². The Morgan fingerprint density at radius 3 is 2.67 bits per heavy atom. The normalized spacial score (nSPS) is 12.5. The second-order valence-electron chi connectivity index (χ2n) is 6.45. The van der Waals surface area contributed by atoms with E-state index in [-0.39, 0.29) is 17.3 Å². The van der Waals surface area contributed by atoms with Crippen LogP contribution in [0.1, 0.15) is 61.0 Å². The van der Waals surface area contributed by atoms with Crippen molar-refractivity contribution in [3.63, 3.8) is 0 Å². The van der Waals surface area contributed by atoms with Gasteiger partial charge in [0, 0.05) is 10.9 Å². The summed E-state index contributed by atoms with van der Waals surface area (Å²) < 4.78 is 10.4. The number of ether oxygens (including phenoxy) is 1. The molecule has 0 saturated heterocycles. The van der Waals surface area contributed by atoms with Crippen molar-refractivity contribution in [1.82, 2.24) is 0 Å². The molecule has 1 aromatic carbocycles. The van der Waals surface area contributed by atoms with Crippen molar-refractivity contribution in [2.75, 3.05) is 7.11 Å². The number of phenols is 1. The maximum Gasteiger partial charge on any atom is 0.313 e. The van der Waals surface area contributed by atoms with E-state index in [0.29, 0.717) is 47.1 Å². The molecule has 0 radical (unpaired) electrons. The number of carbonyl (C=O) groups is 2. The Kier molecular flexibility index (Phi) is 5.65. The number of esters is 1. The number of carbonyl (C=O) groups excluding carboxylic acids is 2. The molecule has 2 aromatic rings. The first kappa shape index (κ1) is 18.0. The molecular weight excluding hydrogens is 308 g/mol. The molecule has 1 unspecified atom stereocenters. The first-order valence-electron chi connectivity index (χ1n) is 8.23. The summed E-state index contributed by atoms with van der Waals surface area (Å²) >= 11 is 0. The number of rotatable bonds is 7. The lowest BCUT2D eigenvalue weighted by atomic mass is 9.91. The summed E-state index contributed by atoms with van der Waals surface area (Å²) in [6, 6.07) is 1.82. The molecule has 0 aliphatic carbocycles. The molecule has 1 N–H and O–H groups in total. The standard InChI is InChI=1S/C19H24O5/c1-5-6-13(19(22)23-4)16-10-24-18-14(16)8-12(7-11(2)3)17(21)15(18)9-20/h8-11,13,21H,5-7H2,1-4H3. The maximum atomic E-state index is 12.1. The molecule has 0 aliphatic heterocycles. The summed E-state index contributed by atoms with van der Waals surface area (Å²) in [5, 5.41) is 11.0. The van der Waals surface area contributed by atoms with Gasteiger partial charge in [-0.2, -0.15) is 0 Å². The number of hydrogen-bond donors (Lipinski definition) is 1. The van der Waals surface area contributed by atoms with Crippen molar-refractivity contribution in [2.45, 2.75) is 46.0 Å². The number of hydrogen-bond acceptors (Lipinski definition) is 5. The second-order valence-corrected chi connectivity index (χ2v) is 6.45. The van der Waals surface area contributed by atoms with Crippen LogP contribution in [0.4, 0.5) is 0 Å². The Morgan fingerprint density at radius 2 is 2.12 bits per heavy atom. The van der Waals surface area contributed by atoms with Crippen LogP contribution in [0.3, 0.4) is 0 Å². The minimum Gasteiger partial charge on any atom is -0.507 e. The summed E-state index contributed by atoms with van der Waals surface area (Å²) in [4.78, 5) is 23.6. The minimum atomic E-state index is -0.447. The fourth-order valence-electron chi connectivity index (χ4n) is 3.07. The predicted octanol–water partition coefficient (Wildman–Crippen LogP) is 4.21. The average molecular weight is 332 g/mol. The molecule has 1 heterocycles. The van der Waals surface area contributed by atoms with Gasteiger partial charge in [0.2, 0.25) is 0 Å². The van der Waals surface area contributed by atoms with Crippen LogP contribution in [-0.4, -0.2) is 24.5 Å². The lowest BCUT2D eigenvalue weighted by Gasteiger charge is -2.14. The van der Waals surface area contributed by atoms with Crippen LogP contribution in [0.15, 0.2) is 16.7 Å². The summed E-state index contributed by atoms with van der Waals surface area (Å²) in [5.41, 5.74) is 1.83. The lowest BCUT2D eigenvalue weighted by Crippen LogP contribution is -2.13. The highest BCUT2D eigenvalue weighted by Gasteiger charge is 2.27.